The summed E-state index contributed by atoms with van der Waals surface area (Å²) in [5.74, 6) is -1.01. The van der Waals surface area contributed by atoms with Gasteiger partial charge in [-0.2, -0.15) is 0 Å². The van der Waals surface area contributed by atoms with E-state index in [1.165, 1.54) is 23.1 Å². The van der Waals surface area contributed by atoms with Crippen molar-refractivity contribution >= 4 is 11.9 Å². The standard InChI is InChI=1S/C21H25F2N3O2/c1-3-6-19(20(27)26(2)14-16-7-4-5-8-18(16)23)25-21(28)24-13-15-9-11-17(22)12-10-15/h4-5,7-12,19H,3,6,13-14H2,1-2H3,(H2,24,25,28). The molecule has 2 aromatic rings. The van der Waals surface area contributed by atoms with Crippen LogP contribution >= 0.6 is 0 Å². The molecule has 28 heavy (non-hydrogen) atoms. The molecule has 0 aliphatic rings. The van der Waals surface area contributed by atoms with Crippen molar-refractivity contribution < 1.29 is 18.4 Å². The molecular weight excluding hydrogens is 364 g/mol. The van der Waals surface area contributed by atoms with Gasteiger partial charge in [0.15, 0.2) is 0 Å². The molecule has 150 valence electrons. The van der Waals surface area contributed by atoms with Crippen molar-refractivity contribution in [2.75, 3.05) is 7.05 Å². The number of likely N-dealkylation sites (N-methyl/N-ethyl adjacent to an activating group) is 1. The molecule has 7 heteroatoms. The first kappa shape index (κ1) is 21.3. The number of urea groups is 1. The number of nitrogens with one attached hydrogen (secondary N) is 2. The van der Waals surface area contributed by atoms with Crippen LogP contribution in [0.1, 0.15) is 30.9 Å². The van der Waals surface area contributed by atoms with Crippen molar-refractivity contribution in [2.24, 2.45) is 0 Å². The molecule has 1 unspecified atom stereocenters. The predicted octanol–water partition coefficient (Wildman–Crippen LogP) is 3.59. The molecule has 0 aliphatic carbocycles. The lowest BCUT2D eigenvalue weighted by molar-refractivity contribution is -0.132. The summed E-state index contributed by atoms with van der Waals surface area (Å²) in [5, 5.41) is 5.33. The zero-order valence-electron chi connectivity index (χ0n) is 16.0. The fourth-order valence-corrected chi connectivity index (χ4v) is 2.77. The highest BCUT2D eigenvalue weighted by atomic mass is 19.1. The second kappa shape index (κ2) is 10.4. The van der Waals surface area contributed by atoms with Gasteiger partial charge in [-0.25, -0.2) is 13.6 Å². The van der Waals surface area contributed by atoms with E-state index in [1.54, 1.807) is 37.4 Å². The van der Waals surface area contributed by atoms with Crippen LogP contribution in [0.4, 0.5) is 13.6 Å². The highest BCUT2D eigenvalue weighted by Crippen LogP contribution is 2.11. The van der Waals surface area contributed by atoms with E-state index in [2.05, 4.69) is 10.6 Å². The average Bonchev–Trinajstić information content (AvgIpc) is 2.68. The molecule has 2 rings (SSSR count). The third-order valence-electron chi connectivity index (χ3n) is 4.29. The Morgan fingerprint density at radius 2 is 1.75 bits per heavy atom. The first-order chi connectivity index (χ1) is 13.4. The summed E-state index contributed by atoms with van der Waals surface area (Å²) in [6.45, 7) is 2.24. The Hall–Kier alpha value is -2.96. The maximum absolute atomic E-state index is 13.8. The van der Waals surface area contributed by atoms with Crippen LogP contribution in [0.5, 0.6) is 0 Å². The van der Waals surface area contributed by atoms with Gasteiger partial charge in [-0.05, 0) is 30.2 Å². The predicted molar refractivity (Wildman–Crippen MR) is 103 cm³/mol. The van der Waals surface area contributed by atoms with Crippen LogP contribution < -0.4 is 10.6 Å². The summed E-state index contributed by atoms with van der Waals surface area (Å²) in [4.78, 5) is 26.3. The monoisotopic (exact) mass is 389 g/mol. The van der Waals surface area contributed by atoms with Gasteiger partial charge in [-0.3, -0.25) is 4.79 Å². The van der Waals surface area contributed by atoms with Crippen molar-refractivity contribution in [1.29, 1.82) is 0 Å². The van der Waals surface area contributed by atoms with Crippen LogP contribution in [0.25, 0.3) is 0 Å². The quantitative estimate of drug-likeness (QED) is 0.725. The van der Waals surface area contributed by atoms with E-state index in [-0.39, 0.29) is 30.6 Å². The van der Waals surface area contributed by atoms with Gasteiger partial charge in [0.25, 0.3) is 0 Å². The molecule has 0 heterocycles. The molecule has 3 amide bonds. The van der Waals surface area contributed by atoms with Crippen molar-refractivity contribution in [2.45, 2.75) is 38.9 Å². The van der Waals surface area contributed by atoms with Crippen molar-refractivity contribution in [3.8, 4) is 0 Å². The van der Waals surface area contributed by atoms with Gasteiger partial charge in [0.05, 0.1) is 0 Å². The number of hydrogen-bond donors (Lipinski definition) is 2. The molecule has 1 atom stereocenters. The van der Waals surface area contributed by atoms with Gasteiger partial charge in [-0.15, -0.1) is 0 Å². The van der Waals surface area contributed by atoms with Gasteiger partial charge in [0, 0.05) is 25.7 Å². The Kier molecular flexibility index (Phi) is 7.92. The number of nitrogens with zero attached hydrogens (tertiary/aromatic N) is 1. The van der Waals surface area contributed by atoms with E-state index in [1.807, 2.05) is 6.92 Å². The van der Waals surface area contributed by atoms with Crippen molar-refractivity contribution in [1.82, 2.24) is 15.5 Å². The minimum atomic E-state index is -0.713. The molecule has 0 fully saturated rings. The maximum Gasteiger partial charge on any atom is 0.315 e. The van der Waals surface area contributed by atoms with E-state index in [0.717, 1.165) is 5.56 Å². The molecule has 5 nitrogen and oxygen atoms in total. The van der Waals surface area contributed by atoms with Crippen LogP contribution in [0.15, 0.2) is 48.5 Å². The molecule has 0 aromatic heterocycles. The Balaban J connectivity index is 1.92. The SMILES string of the molecule is CCCC(NC(=O)NCc1ccc(F)cc1)C(=O)N(C)Cc1ccccc1F. The third-order valence-corrected chi connectivity index (χ3v) is 4.29. The second-order valence-electron chi connectivity index (χ2n) is 6.58. The summed E-state index contributed by atoms with van der Waals surface area (Å²) in [6, 6.07) is 10.8. The Bertz CT molecular complexity index is 796. The normalized spacial score (nSPS) is 11.6. The zero-order valence-corrected chi connectivity index (χ0v) is 16.0. The van der Waals surface area contributed by atoms with Gasteiger partial charge in [0.2, 0.25) is 5.91 Å². The van der Waals surface area contributed by atoms with Crippen LogP contribution in [0.2, 0.25) is 0 Å². The molecule has 0 radical (unpaired) electrons. The number of benzene rings is 2. The van der Waals surface area contributed by atoms with Crippen molar-refractivity contribution in [3.63, 3.8) is 0 Å². The van der Waals surface area contributed by atoms with Gasteiger partial charge >= 0.3 is 6.03 Å². The number of carbonyl (C=O) groups is 2. The van der Waals surface area contributed by atoms with Crippen LogP contribution in [-0.4, -0.2) is 29.9 Å². The lowest BCUT2D eigenvalue weighted by Crippen LogP contribution is -2.50. The Labute approximate surface area is 163 Å². The van der Waals surface area contributed by atoms with Crippen LogP contribution in [0.3, 0.4) is 0 Å². The Morgan fingerprint density at radius 3 is 2.39 bits per heavy atom. The molecule has 0 bridgehead atoms. The van der Waals surface area contributed by atoms with Crippen molar-refractivity contribution in [3.05, 3.63) is 71.3 Å². The zero-order chi connectivity index (χ0) is 20.5. The average molecular weight is 389 g/mol. The summed E-state index contributed by atoms with van der Waals surface area (Å²) >= 11 is 0. The van der Waals surface area contributed by atoms with E-state index < -0.39 is 12.1 Å². The number of rotatable bonds is 8. The van der Waals surface area contributed by atoms with Gasteiger partial charge < -0.3 is 15.5 Å². The number of amides is 3. The lowest BCUT2D eigenvalue weighted by Gasteiger charge is -2.25. The second-order valence-corrected chi connectivity index (χ2v) is 6.58. The summed E-state index contributed by atoms with van der Waals surface area (Å²) in [5.41, 5.74) is 1.15. The first-order valence-corrected chi connectivity index (χ1v) is 9.18. The molecule has 0 aliphatic heterocycles. The smallest absolute Gasteiger partial charge is 0.315 e. The Morgan fingerprint density at radius 1 is 1.07 bits per heavy atom. The molecule has 0 spiro atoms. The van der Waals surface area contributed by atoms with Crippen LogP contribution in [0, 0.1) is 11.6 Å². The number of hydrogen-bond acceptors (Lipinski definition) is 2. The molecule has 2 aromatic carbocycles. The first-order valence-electron chi connectivity index (χ1n) is 9.18. The number of carbonyl (C=O) groups excluding carboxylic acids is 2. The fourth-order valence-electron chi connectivity index (χ4n) is 2.77. The van der Waals surface area contributed by atoms with E-state index in [9.17, 15) is 18.4 Å². The van der Waals surface area contributed by atoms with E-state index in [0.29, 0.717) is 18.4 Å². The molecule has 0 saturated carbocycles. The summed E-state index contributed by atoms with van der Waals surface area (Å²) < 4.78 is 26.7. The molecule has 0 saturated heterocycles. The minimum absolute atomic E-state index is 0.116. The van der Waals surface area contributed by atoms with Gasteiger partial charge in [-0.1, -0.05) is 43.7 Å². The molecular formula is C21H25F2N3O2. The number of halogens is 2. The van der Waals surface area contributed by atoms with Gasteiger partial charge in [0.1, 0.15) is 17.7 Å². The summed E-state index contributed by atoms with van der Waals surface area (Å²) in [7, 11) is 1.58. The topological polar surface area (TPSA) is 61.4 Å². The highest BCUT2D eigenvalue weighted by molar-refractivity contribution is 5.86. The van der Waals surface area contributed by atoms with Crippen LogP contribution in [-0.2, 0) is 17.9 Å². The highest BCUT2D eigenvalue weighted by Gasteiger charge is 2.23. The third kappa shape index (κ3) is 6.33. The minimum Gasteiger partial charge on any atom is -0.340 e. The molecule has 2 N–H and O–H groups in total. The summed E-state index contributed by atoms with van der Waals surface area (Å²) in [6.07, 6.45) is 1.16. The van der Waals surface area contributed by atoms with E-state index >= 15 is 0 Å². The largest absolute Gasteiger partial charge is 0.340 e. The van der Waals surface area contributed by atoms with E-state index in [4.69, 9.17) is 0 Å². The maximum atomic E-state index is 13.8. The fraction of sp³-hybridized carbons (Fsp3) is 0.333. The lowest BCUT2D eigenvalue weighted by atomic mass is 10.1.